The molecule has 1 aliphatic carbocycles. The van der Waals surface area contributed by atoms with Crippen LogP contribution in [-0.4, -0.2) is 50.2 Å². The van der Waals surface area contributed by atoms with Gasteiger partial charge >= 0.3 is 12.2 Å². The number of halogens is 6. The standard InChI is InChI=1S/C23H23F6N7O/c1-10-30-22(37-34-10)35-8-11-2-3-12(9-35)19(11)31-21-32-20-14(13-4-6-15(24)18(26)17(13)25)5-7-16(23(27,28)29)36(20)33-21/h4,6,11-12,14,16,19H,2-3,5,7-9H2,1H3,(H,31,33)/t11-,12?,14?,16?,19-/m0/s1. The summed E-state index contributed by atoms with van der Waals surface area (Å²) >= 11 is 0. The average Bonchev–Trinajstić information content (AvgIpc) is 3.52. The third-order valence-electron chi connectivity index (χ3n) is 7.73. The molecule has 2 aliphatic heterocycles. The van der Waals surface area contributed by atoms with Gasteiger partial charge in [0.15, 0.2) is 23.3 Å². The third-order valence-corrected chi connectivity index (χ3v) is 7.73. The van der Waals surface area contributed by atoms with E-state index in [2.05, 4.69) is 25.5 Å². The summed E-state index contributed by atoms with van der Waals surface area (Å²) in [6.07, 6.45) is -3.35. The highest BCUT2D eigenvalue weighted by molar-refractivity contribution is 5.37. The third kappa shape index (κ3) is 4.09. The Morgan fingerprint density at radius 1 is 0.973 bits per heavy atom. The number of hydrogen-bond donors (Lipinski definition) is 1. The topological polar surface area (TPSA) is 84.9 Å². The first-order valence-corrected chi connectivity index (χ1v) is 12.1. The summed E-state index contributed by atoms with van der Waals surface area (Å²) in [5.74, 6) is -4.78. The van der Waals surface area contributed by atoms with Crippen molar-refractivity contribution in [3.8, 4) is 0 Å². The second-order valence-corrected chi connectivity index (χ2v) is 9.99. The van der Waals surface area contributed by atoms with E-state index in [-0.39, 0.29) is 41.6 Å². The van der Waals surface area contributed by atoms with Gasteiger partial charge in [-0.2, -0.15) is 23.1 Å². The second kappa shape index (κ2) is 8.62. The van der Waals surface area contributed by atoms with Crippen LogP contribution in [-0.2, 0) is 0 Å². The summed E-state index contributed by atoms with van der Waals surface area (Å²) in [5, 5.41) is 11.2. The van der Waals surface area contributed by atoms with Gasteiger partial charge in [-0.3, -0.25) is 0 Å². The SMILES string of the molecule is Cc1noc(N2CC3CC[C@@H](C2)[C@@H]3Nc2nc3n(n2)C(C(F)(F)F)CCC3c2ccc(F)c(F)c2F)n1. The van der Waals surface area contributed by atoms with Gasteiger partial charge in [0.1, 0.15) is 11.9 Å². The maximum absolute atomic E-state index is 14.6. The lowest BCUT2D eigenvalue weighted by Crippen LogP contribution is -2.48. The highest BCUT2D eigenvalue weighted by Gasteiger charge is 2.48. The molecule has 0 spiro atoms. The van der Waals surface area contributed by atoms with Gasteiger partial charge in [-0.15, -0.1) is 5.10 Å². The van der Waals surface area contributed by atoms with Crippen molar-refractivity contribution >= 4 is 12.0 Å². The zero-order chi connectivity index (χ0) is 26.1. The highest BCUT2D eigenvalue weighted by atomic mass is 19.4. The molecule has 1 N–H and O–H groups in total. The van der Waals surface area contributed by atoms with E-state index in [1.54, 1.807) is 6.92 Å². The minimum atomic E-state index is -4.61. The van der Waals surface area contributed by atoms with E-state index >= 15 is 0 Å². The van der Waals surface area contributed by atoms with Crippen molar-refractivity contribution in [1.29, 1.82) is 0 Å². The summed E-state index contributed by atoms with van der Waals surface area (Å²) in [5.41, 5.74) is -0.247. The van der Waals surface area contributed by atoms with Crippen molar-refractivity contribution < 1.29 is 30.9 Å². The molecular formula is C23H23F6N7O. The van der Waals surface area contributed by atoms with Gasteiger partial charge in [0, 0.05) is 30.6 Å². The Morgan fingerprint density at radius 3 is 2.35 bits per heavy atom. The van der Waals surface area contributed by atoms with Gasteiger partial charge < -0.3 is 14.7 Å². The molecule has 6 rings (SSSR count). The Bertz CT molecular complexity index is 1310. The van der Waals surface area contributed by atoms with Crippen LogP contribution in [0.15, 0.2) is 16.7 Å². The smallest absolute Gasteiger partial charge is 0.350 e. The van der Waals surface area contributed by atoms with Gasteiger partial charge in [0.25, 0.3) is 0 Å². The normalized spacial score (nSPS) is 27.4. The van der Waals surface area contributed by atoms with Crippen LogP contribution in [0.2, 0.25) is 0 Å². The lowest BCUT2D eigenvalue weighted by molar-refractivity contribution is -0.175. The van der Waals surface area contributed by atoms with E-state index in [0.29, 0.717) is 24.9 Å². The zero-order valence-corrected chi connectivity index (χ0v) is 19.6. The van der Waals surface area contributed by atoms with Crippen molar-refractivity contribution in [1.82, 2.24) is 24.9 Å². The first-order valence-electron chi connectivity index (χ1n) is 12.1. The molecule has 1 aromatic carbocycles. The predicted molar refractivity (Wildman–Crippen MR) is 117 cm³/mol. The summed E-state index contributed by atoms with van der Waals surface area (Å²) in [6, 6.07) is 0.211. The predicted octanol–water partition coefficient (Wildman–Crippen LogP) is 4.74. The van der Waals surface area contributed by atoms with Crippen LogP contribution in [0.4, 0.5) is 38.3 Å². The number of fused-ring (bicyclic) bond motifs is 3. The van der Waals surface area contributed by atoms with Crippen LogP contribution < -0.4 is 10.2 Å². The molecular weight excluding hydrogens is 504 g/mol. The van der Waals surface area contributed by atoms with E-state index in [1.807, 2.05) is 4.90 Å². The maximum Gasteiger partial charge on any atom is 0.410 e. The molecule has 14 heteroatoms. The molecule has 2 bridgehead atoms. The number of aryl methyl sites for hydroxylation is 1. The molecule has 0 radical (unpaired) electrons. The Hall–Kier alpha value is -3.32. The van der Waals surface area contributed by atoms with E-state index in [1.165, 1.54) is 0 Å². The van der Waals surface area contributed by atoms with Gasteiger partial charge in [-0.1, -0.05) is 11.2 Å². The molecule has 3 unspecified atom stereocenters. The lowest BCUT2D eigenvalue weighted by Gasteiger charge is -2.37. The molecule has 8 nitrogen and oxygen atoms in total. The Labute approximate surface area is 207 Å². The van der Waals surface area contributed by atoms with Crippen LogP contribution in [0.3, 0.4) is 0 Å². The molecule has 1 saturated heterocycles. The molecule has 1 saturated carbocycles. The lowest BCUT2D eigenvalue weighted by atomic mass is 9.88. The molecule has 198 valence electrons. The first-order chi connectivity index (χ1) is 17.6. The fourth-order valence-corrected chi connectivity index (χ4v) is 6.02. The molecule has 0 amide bonds. The Balaban J connectivity index is 1.30. The zero-order valence-electron chi connectivity index (χ0n) is 19.6. The fourth-order valence-electron chi connectivity index (χ4n) is 6.02. The van der Waals surface area contributed by atoms with Crippen LogP contribution >= 0.6 is 0 Å². The molecule has 37 heavy (non-hydrogen) atoms. The Kier molecular flexibility index (Phi) is 5.60. The van der Waals surface area contributed by atoms with Gasteiger partial charge in [0.05, 0.1) is 0 Å². The van der Waals surface area contributed by atoms with Gasteiger partial charge in [0.2, 0.25) is 5.95 Å². The van der Waals surface area contributed by atoms with Gasteiger partial charge in [-0.25, -0.2) is 17.9 Å². The van der Waals surface area contributed by atoms with E-state index in [4.69, 9.17) is 4.52 Å². The summed E-state index contributed by atoms with van der Waals surface area (Å²) in [6.45, 7) is 2.98. The first kappa shape index (κ1) is 24.0. The van der Waals surface area contributed by atoms with Crippen molar-refractivity contribution in [3.63, 3.8) is 0 Å². The minimum Gasteiger partial charge on any atom is -0.350 e. The molecule has 4 heterocycles. The van der Waals surface area contributed by atoms with Crippen LogP contribution in [0, 0.1) is 36.2 Å². The Morgan fingerprint density at radius 2 is 1.70 bits per heavy atom. The minimum absolute atomic E-state index is 0.00289. The summed E-state index contributed by atoms with van der Waals surface area (Å²) in [7, 11) is 0. The van der Waals surface area contributed by atoms with E-state index in [0.717, 1.165) is 29.7 Å². The van der Waals surface area contributed by atoms with Crippen LogP contribution in [0.1, 0.15) is 54.9 Å². The quantitative estimate of drug-likeness (QED) is 0.388. The number of rotatable bonds is 4. The molecule has 5 atom stereocenters. The maximum atomic E-state index is 14.6. The van der Waals surface area contributed by atoms with Crippen LogP contribution in [0.5, 0.6) is 0 Å². The number of piperidine rings is 1. The second-order valence-electron chi connectivity index (χ2n) is 9.99. The van der Waals surface area contributed by atoms with Crippen molar-refractivity contribution in [2.75, 3.05) is 23.3 Å². The molecule has 3 aliphatic rings. The van der Waals surface area contributed by atoms with Crippen molar-refractivity contribution in [2.45, 2.75) is 56.8 Å². The number of benzene rings is 1. The largest absolute Gasteiger partial charge is 0.410 e. The fraction of sp³-hybridized carbons (Fsp3) is 0.565. The van der Waals surface area contributed by atoms with Crippen molar-refractivity contribution in [2.24, 2.45) is 11.8 Å². The number of nitrogens with one attached hydrogen (secondary N) is 1. The van der Waals surface area contributed by atoms with E-state index < -0.39 is 42.0 Å². The highest BCUT2D eigenvalue weighted by Crippen LogP contribution is 2.45. The molecule has 2 fully saturated rings. The summed E-state index contributed by atoms with van der Waals surface area (Å²) in [4.78, 5) is 10.6. The van der Waals surface area contributed by atoms with E-state index in [9.17, 15) is 26.3 Å². The average molecular weight is 527 g/mol. The molecule has 3 aromatic rings. The number of aromatic nitrogens is 5. The number of anilines is 2. The van der Waals surface area contributed by atoms with Crippen molar-refractivity contribution in [3.05, 3.63) is 46.8 Å². The summed E-state index contributed by atoms with van der Waals surface area (Å²) < 4.78 is 89.6. The number of hydrogen-bond acceptors (Lipinski definition) is 7. The van der Waals surface area contributed by atoms with Gasteiger partial charge in [-0.05, 0) is 50.5 Å². The monoisotopic (exact) mass is 527 g/mol. The molecule has 2 aromatic heterocycles. The van der Waals surface area contributed by atoms with Crippen LogP contribution in [0.25, 0.3) is 0 Å². The number of nitrogens with zero attached hydrogens (tertiary/aromatic N) is 6. The number of alkyl halides is 3.